The van der Waals surface area contributed by atoms with Gasteiger partial charge in [0, 0.05) is 12.8 Å². The van der Waals surface area contributed by atoms with Crippen molar-refractivity contribution < 1.29 is 24.8 Å². The van der Waals surface area contributed by atoms with Crippen LogP contribution in [0.4, 0.5) is 0 Å². The van der Waals surface area contributed by atoms with Crippen LogP contribution >= 0.6 is 7.37 Å². The van der Waals surface area contributed by atoms with Gasteiger partial charge in [-0.1, -0.05) is 0 Å². The molecule has 8 heteroatoms. The van der Waals surface area contributed by atoms with Gasteiger partial charge in [-0.2, -0.15) is 0 Å². The van der Waals surface area contributed by atoms with Gasteiger partial charge in [0.15, 0.2) is 7.37 Å². The second-order valence-corrected chi connectivity index (χ2v) is 5.06. The van der Waals surface area contributed by atoms with Crippen LogP contribution in [0.1, 0.15) is 6.42 Å². The van der Waals surface area contributed by atoms with E-state index in [1.54, 1.807) is 0 Å². The zero-order valence-electron chi connectivity index (χ0n) is 7.43. The molecule has 0 radical (unpaired) electrons. The molecule has 0 aromatic heterocycles. The molecule has 2 atom stereocenters. The smallest absolute Gasteiger partial charge is 0.320 e. The van der Waals surface area contributed by atoms with Crippen molar-refractivity contribution in [2.75, 3.05) is 12.8 Å². The average Bonchev–Trinajstić information content (AvgIpc) is 1.80. The normalized spacial score (nSPS) is 15.9. The molecule has 0 aliphatic rings. The van der Waals surface area contributed by atoms with E-state index in [-0.39, 0.29) is 24.2 Å². The summed E-state index contributed by atoms with van der Waals surface area (Å²) in [4.78, 5) is 18.9. The summed E-state index contributed by atoms with van der Waals surface area (Å²) in [5.41, 5.74) is 5.09. The molecule has 0 aromatic rings. The van der Waals surface area contributed by atoms with Crippen molar-refractivity contribution in [1.29, 1.82) is 0 Å². The summed E-state index contributed by atoms with van der Waals surface area (Å²) in [6.45, 7) is 1.18. The van der Waals surface area contributed by atoms with Crippen LogP contribution in [0.5, 0.6) is 0 Å². The van der Waals surface area contributed by atoms with E-state index in [2.05, 4.69) is 0 Å². The van der Waals surface area contributed by atoms with Crippen LogP contribution < -0.4 is 11.9 Å². The second-order valence-electron chi connectivity index (χ2n) is 2.51. The molecule has 0 heterocycles. The van der Waals surface area contributed by atoms with Crippen molar-refractivity contribution in [3.8, 4) is 0 Å². The Balaban J connectivity index is -0.000000500. The molecule has 0 aliphatic carbocycles. The molecule has 0 bridgehead atoms. The van der Waals surface area contributed by atoms with Crippen LogP contribution in [0.3, 0.4) is 0 Å². The van der Waals surface area contributed by atoms with Crippen molar-refractivity contribution in [2.24, 2.45) is 5.73 Å². The van der Waals surface area contributed by atoms with E-state index in [0.717, 1.165) is 0 Å². The van der Waals surface area contributed by atoms with E-state index in [4.69, 9.17) is 15.7 Å². The molecule has 9 N–H and O–H groups in total. The largest absolute Gasteiger partial charge is 0.480 e. The van der Waals surface area contributed by atoms with Gasteiger partial charge in [0.25, 0.3) is 0 Å². The molecule has 82 valence electrons. The van der Waals surface area contributed by atoms with E-state index in [9.17, 15) is 9.36 Å². The van der Waals surface area contributed by atoms with Crippen LogP contribution in [0.15, 0.2) is 0 Å². The first kappa shape index (κ1) is 18.3. The van der Waals surface area contributed by atoms with Crippen molar-refractivity contribution in [2.45, 2.75) is 12.5 Å². The molecular formula is C5H17N2O5P. The topological polar surface area (TPSA) is 167 Å². The Morgan fingerprint density at radius 3 is 2.23 bits per heavy atom. The molecule has 0 aromatic carbocycles. The minimum Gasteiger partial charge on any atom is -0.480 e. The third kappa shape index (κ3) is 11.5. The number of rotatable bonds is 4. The summed E-state index contributed by atoms with van der Waals surface area (Å²) in [7, 11) is -3.10. The van der Waals surface area contributed by atoms with Crippen LogP contribution in [-0.2, 0) is 9.36 Å². The van der Waals surface area contributed by atoms with Crippen LogP contribution in [-0.4, -0.2) is 40.3 Å². The third-order valence-corrected chi connectivity index (χ3v) is 2.26. The zero-order chi connectivity index (χ0) is 9.07. The first-order valence-electron chi connectivity index (χ1n) is 3.10. The maximum absolute atomic E-state index is 10.6. The number of carbonyl (C=O) groups is 1. The van der Waals surface area contributed by atoms with Crippen molar-refractivity contribution in [1.82, 2.24) is 6.15 Å². The van der Waals surface area contributed by atoms with Gasteiger partial charge in [-0.3, -0.25) is 9.36 Å². The van der Waals surface area contributed by atoms with E-state index in [1.165, 1.54) is 6.66 Å². The predicted molar refractivity (Wildman–Crippen MR) is 49.5 cm³/mol. The number of hydrogen-bond acceptors (Lipinski definition) is 4. The fourth-order valence-electron chi connectivity index (χ4n) is 0.502. The minimum atomic E-state index is -3.10. The van der Waals surface area contributed by atoms with Gasteiger partial charge in [-0.05, 0) is 6.42 Å². The quantitative estimate of drug-likeness (QED) is 0.440. The molecule has 0 fully saturated rings. The van der Waals surface area contributed by atoms with Gasteiger partial charge in [-0.15, -0.1) is 0 Å². The summed E-state index contributed by atoms with van der Waals surface area (Å²) >= 11 is 0. The van der Waals surface area contributed by atoms with Gasteiger partial charge in [0.1, 0.15) is 6.04 Å². The fraction of sp³-hybridized carbons (Fsp3) is 0.800. The Labute approximate surface area is 76.3 Å². The van der Waals surface area contributed by atoms with Crippen molar-refractivity contribution >= 4 is 13.3 Å². The zero-order valence-corrected chi connectivity index (χ0v) is 8.33. The molecular weight excluding hydrogens is 199 g/mol. The summed E-state index contributed by atoms with van der Waals surface area (Å²) in [6.07, 6.45) is 0.0000772. The summed E-state index contributed by atoms with van der Waals surface area (Å²) in [6, 6.07) is -1.03. The monoisotopic (exact) mass is 216 g/mol. The third-order valence-electron chi connectivity index (χ3n) is 1.17. The molecule has 0 amide bonds. The molecule has 0 aliphatic heterocycles. The van der Waals surface area contributed by atoms with Crippen LogP contribution in [0, 0.1) is 0 Å². The number of carboxylic acid groups (broad SMARTS) is 1. The molecule has 0 spiro atoms. The van der Waals surface area contributed by atoms with E-state index >= 15 is 0 Å². The highest BCUT2D eigenvalue weighted by Gasteiger charge is 2.16. The lowest BCUT2D eigenvalue weighted by Gasteiger charge is -2.07. The van der Waals surface area contributed by atoms with Crippen LogP contribution in [0.2, 0.25) is 0 Å². The minimum absolute atomic E-state index is 0. The highest BCUT2D eigenvalue weighted by molar-refractivity contribution is 7.57. The van der Waals surface area contributed by atoms with Crippen molar-refractivity contribution in [3.63, 3.8) is 0 Å². The molecule has 13 heavy (non-hydrogen) atoms. The van der Waals surface area contributed by atoms with Gasteiger partial charge in [0.05, 0.1) is 0 Å². The lowest BCUT2D eigenvalue weighted by atomic mass is 10.2. The van der Waals surface area contributed by atoms with Gasteiger partial charge in [-0.25, -0.2) is 0 Å². The Morgan fingerprint density at radius 1 is 1.62 bits per heavy atom. The first-order chi connectivity index (χ1) is 4.83. The standard InChI is InChI=1S/C5H12NO4P.H3N.H2O/c1-11(9,10)3-2-4(6)5(7)8;;/h4H,2-3,6H2,1H3,(H,7,8)(H,9,10);1H3;1H2. The number of aliphatic carboxylic acids is 1. The highest BCUT2D eigenvalue weighted by Crippen LogP contribution is 2.35. The molecule has 7 nitrogen and oxygen atoms in total. The second kappa shape index (κ2) is 6.99. The van der Waals surface area contributed by atoms with E-state index < -0.39 is 19.4 Å². The van der Waals surface area contributed by atoms with Gasteiger partial charge >= 0.3 is 5.97 Å². The molecule has 0 saturated heterocycles. The number of hydrogen-bond donors (Lipinski definition) is 4. The Hall–Kier alpha value is -0.460. The predicted octanol–water partition coefficient (Wildman–Crippen LogP) is -0.974. The lowest BCUT2D eigenvalue weighted by Crippen LogP contribution is -2.30. The maximum atomic E-state index is 10.6. The Bertz CT molecular complexity index is 191. The van der Waals surface area contributed by atoms with Gasteiger partial charge < -0.3 is 27.4 Å². The average molecular weight is 216 g/mol. The Kier molecular flexibility index (Phi) is 9.87. The lowest BCUT2D eigenvalue weighted by molar-refractivity contribution is -0.138. The maximum Gasteiger partial charge on any atom is 0.320 e. The highest BCUT2D eigenvalue weighted by atomic mass is 31.2. The first-order valence-corrected chi connectivity index (χ1v) is 5.40. The summed E-state index contributed by atoms with van der Waals surface area (Å²) in [5.74, 6) is -1.14. The summed E-state index contributed by atoms with van der Waals surface area (Å²) in [5, 5.41) is 8.28. The number of carboxylic acids is 1. The molecule has 0 saturated carbocycles. The van der Waals surface area contributed by atoms with Gasteiger partial charge in [0.2, 0.25) is 0 Å². The summed E-state index contributed by atoms with van der Waals surface area (Å²) < 4.78 is 10.6. The van der Waals surface area contributed by atoms with Crippen LogP contribution in [0.25, 0.3) is 0 Å². The molecule has 2 unspecified atom stereocenters. The van der Waals surface area contributed by atoms with Crippen molar-refractivity contribution in [3.05, 3.63) is 0 Å². The fourth-order valence-corrected chi connectivity index (χ4v) is 1.26. The number of nitrogens with two attached hydrogens (primary N) is 1. The van der Waals surface area contributed by atoms with E-state index in [1.807, 2.05) is 0 Å². The Morgan fingerprint density at radius 2 is 2.00 bits per heavy atom. The van der Waals surface area contributed by atoms with E-state index in [0.29, 0.717) is 0 Å². The SMILES string of the molecule is CP(=O)(O)CCC(N)C(=O)O.N.O. The molecule has 0 rings (SSSR count).